The average molecular weight is 550 g/mol. The van der Waals surface area contributed by atoms with Gasteiger partial charge in [-0.1, -0.05) is 11.6 Å². The first-order valence-electron chi connectivity index (χ1n) is 12.7. The second-order valence-corrected chi connectivity index (χ2v) is 11.2. The van der Waals surface area contributed by atoms with Gasteiger partial charge in [0.15, 0.2) is 11.6 Å². The third-order valence-corrected chi connectivity index (χ3v) is 7.91. The molecule has 2 fully saturated rings. The standard InChI is InChI=1S/C29H26ClF2N5O2/c1-15-10-35-23(19-4-5-34-27(26(19)32)36-13-29(3,39)14-36)9-24(15)37-16(2)6-22(25(30)28(37)38)21-8-20(21)17-7-18(31)12-33-11-17/h4-7,9-12,20-21,39H,8,13-14H2,1-3H3/t20-,21+/m1/s1. The second-order valence-electron chi connectivity index (χ2n) is 10.8. The monoisotopic (exact) mass is 549 g/mol. The molecule has 10 heteroatoms. The summed E-state index contributed by atoms with van der Waals surface area (Å²) in [4.78, 5) is 27.8. The molecule has 1 aliphatic carbocycles. The summed E-state index contributed by atoms with van der Waals surface area (Å²) in [6, 6.07) is 6.57. The molecule has 4 aromatic heterocycles. The normalized spacial score (nSPS) is 19.6. The zero-order valence-electron chi connectivity index (χ0n) is 21.6. The van der Waals surface area contributed by atoms with Crippen LogP contribution < -0.4 is 10.5 Å². The molecule has 1 saturated heterocycles. The van der Waals surface area contributed by atoms with Crippen LogP contribution in [0.1, 0.15) is 47.6 Å². The Morgan fingerprint density at radius 2 is 1.85 bits per heavy atom. The van der Waals surface area contributed by atoms with Crippen molar-refractivity contribution in [1.29, 1.82) is 0 Å². The van der Waals surface area contributed by atoms with Crippen molar-refractivity contribution in [3.63, 3.8) is 0 Å². The SMILES string of the molecule is Cc1cnc(-c2ccnc(N3CC(C)(O)C3)c2F)cc1-n1c(C)cc([C@H]2C[C@@H]2c2cncc(F)c2)c(Cl)c1=O. The maximum atomic E-state index is 15.5. The molecule has 7 nitrogen and oxygen atoms in total. The maximum absolute atomic E-state index is 15.5. The van der Waals surface area contributed by atoms with Crippen molar-refractivity contribution < 1.29 is 13.9 Å². The van der Waals surface area contributed by atoms with Crippen molar-refractivity contribution in [1.82, 2.24) is 19.5 Å². The van der Waals surface area contributed by atoms with Crippen LogP contribution >= 0.6 is 11.6 Å². The fourth-order valence-corrected chi connectivity index (χ4v) is 5.80. The van der Waals surface area contributed by atoms with E-state index in [2.05, 4.69) is 15.0 Å². The van der Waals surface area contributed by atoms with E-state index in [0.29, 0.717) is 17.1 Å². The molecule has 39 heavy (non-hydrogen) atoms. The van der Waals surface area contributed by atoms with Crippen LogP contribution in [0, 0.1) is 25.5 Å². The van der Waals surface area contributed by atoms with E-state index in [1.54, 1.807) is 36.4 Å². The largest absolute Gasteiger partial charge is 0.386 e. The smallest absolute Gasteiger partial charge is 0.274 e. The lowest BCUT2D eigenvalue weighted by Crippen LogP contribution is -2.60. The van der Waals surface area contributed by atoms with Crippen molar-refractivity contribution in [2.24, 2.45) is 0 Å². The van der Waals surface area contributed by atoms with Crippen LogP contribution in [0.5, 0.6) is 0 Å². The molecule has 4 aromatic rings. The number of aryl methyl sites for hydroxylation is 2. The van der Waals surface area contributed by atoms with E-state index >= 15 is 4.39 Å². The number of β-amino-alcohol motifs (C(OH)–C–C–N with tert-alkyl or cyclic N) is 1. The number of aromatic nitrogens is 4. The van der Waals surface area contributed by atoms with Crippen LogP contribution in [0.15, 0.2) is 53.8 Å². The summed E-state index contributed by atoms with van der Waals surface area (Å²) < 4.78 is 30.7. The van der Waals surface area contributed by atoms with Crippen molar-refractivity contribution >= 4 is 17.4 Å². The van der Waals surface area contributed by atoms with Gasteiger partial charge >= 0.3 is 0 Å². The summed E-state index contributed by atoms with van der Waals surface area (Å²) in [5, 5.41) is 10.2. The number of rotatable bonds is 5. The van der Waals surface area contributed by atoms with E-state index in [-0.39, 0.29) is 46.9 Å². The van der Waals surface area contributed by atoms with E-state index in [1.165, 1.54) is 23.0 Å². The summed E-state index contributed by atoms with van der Waals surface area (Å²) in [5.41, 5.74) is 2.77. The molecule has 0 radical (unpaired) electrons. The lowest BCUT2D eigenvalue weighted by atomic mass is 9.96. The molecular formula is C29H26ClF2N5O2. The van der Waals surface area contributed by atoms with Gasteiger partial charge in [-0.2, -0.15) is 0 Å². The van der Waals surface area contributed by atoms with E-state index in [0.717, 1.165) is 23.1 Å². The summed E-state index contributed by atoms with van der Waals surface area (Å²) >= 11 is 6.64. The molecule has 2 atom stereocenters. The molecule has 0 spiro atoms. The molecule has 1 N–H and O–H groups in total. The van der Waals surface area contributed by atoms with E-state index in [1.807, 2.05) is 19.9 Å². The van der Waals surface area contributed by atoms with Gasteiger partial charge in [0.05, 0.1) is 23.2 Å². The zero-order valence-corrected chi connectivity index (χ0v) is 22.4. The summed E-state index contributed by atoms with van der Waals surface area (Å²) in [5.74, 6) is -0.735. The second kappa shape index (κ2) is 9.20. The van der Waals surface area contributed by atoms with Crippen LogP contribution in [0.3, 0.4) is 0 Å². The van der Waals surface area contributed by atoms with Crippen molar-refractivity contribution in [3.05, 3.63) is 98.4 Å². The van der Waals surface area contributed by atoms with Crippen LogP contribution in [0.25, 0.3) is 16.9 Å². The minimum Gasteiger partial charge on any atom is -0.386 e. The Morgan fingerprint density at radius 3 is 2.56 bits per heavy atom. The average Bonchev–Trinajstić information content (AvgIpc) is 3.67. The molecule has 0 aromatic carbocycles. The van der Waals surface area contributed by atoms with Gasteiger partial charge in [-0.25, -0.2) is 13.8 Å². The number of pyridine rings is 4. The summed E-state index contributed by atoms with van der Waals surface area (Å²) in [7, 11) is 0. The molecule has 0 bridgehead atoms. The first-order chi connectivity index (χ1) is 18.5. The van der Waals surface area contributed by atoms with Gasteiger partial charge in [-0.15, -0.1) is 0 Å². The molecule has 1 saturated carbocycles. The number of halogens is 3. The maximum Gasteiger partial charge on any atom is 0.274 e. The quantitative estimate of drug-likeness (QED) is 0.374. The Morgan fingerprint density at radius 1 is 1.08 bits per heavy atom. The van der Waals surface area contributed by atoms with Gasteiger partial charge in [0.25, 0.3) is 5.56 Å². The highest BCUT2D eigenvalue weighted by atomic mass is 35.5. The van der Waals surface area contributed by atoms with Gasteiger partial charge in [0, 0.05) is 42.9 Å². The predicted octanol–water partition coefficient (Wildman–Crippen LogP) is 5.08. The van der Waals surface area contributed by atoms with Gasteiger partial charge in [-0.05, 0) is 80.0 Å². The molecular weight excluding hydrogens is 524 g/mol. The van der Waals surface area contributed by atoms with E-state index < -0.39 is 17.2 Å². The van der Waals surface area contributed by atoms with Crippen LogP contribution in [0.2, 0.25) is 5.02 Å². The third-order valence-electron chi connectivity index (χ3n) is 7.53. The van der Waals surface area contributed by atoms with Crippen molar-refractivity contribution in [2.75, 3.05) is 18.0 Å². The Balaban J connectivity index is 1.36. The fraction of sp³-hybridized carbons (Fsp3) is 0.310. The van der Waals surface area contributed by atoms with Crippen LogP contribution in [-0.4, -0.2) is 43.3 Å². The number of hydrogen-bond donors (Lipinski definition) is 1. The van der Waals surface area contributed by atoms with Crippen molar-refractivity contribution in [2.45, 2.75) is 44.6 Å². The third kappa shape index (κ3) is 4.49. The molecule has 1 aliphatic heterocycles. The van der Waals surface area contributed by atoms with Crippen molar-refractivity contribution in [3.8, 4) is 16.9 Å². The Bertz CT molecular complexity index is 1680. The minimum absolute atomic E-state index is 0.00265. The Hall–Kier alpha value is -3.69. The predicted molar refractivity (Wildman–Crippen MR) is 145 cm³/mol. The molecule has 2 aliphatic rings. The van der Waals surface area contributed by atoms with Gasteiger partial charge in [-0.3, -0.25) is 19.3 Å². The van der Waals surface area contributed by atoms with Crippen LogP contribution in [-0.2, 0) is 0 Å². The summed E-state index contributed by atoms with van der Waals surface area (Å²) in [6.07, 6.45) is 6.66. The van der Waals surface area contributed by atoms with E-state index in [4.69, 9.17) is 11.6 Å². The molecule has 5 heterocycles. The molecule has 6 rings (SSSR count). The van der Waals surface area contributed by atoms with Gasteiger partial charge in [0.1, 0.15) is 10.8 Å². The van der Waals surface area contributed by atoms with Gasteiger partial charge < -0.3 is 10.0 Å². The molecule has 200 valence electrons. The Kier molecular flexibility index (Phi) is 6.04. The first-order valence-corrected chi connectivity index (χ1v) is 13.0. The molecule has 0 amide bonds. The highest BCUT2D eigenvalue weighted by Crippen LogP contribution is 2.55. The number of nitrogens with zero attached hydrogens (tertiary/aromatic N) is 5. The minimum atomic E-state index is -0.877. The number of anilines is 1. The van der Waals surface area contributed by atoms with Crippen LogP contribution in [0.4, 0.5) is 14.6 Å². The van der Waals surface area contributed by atoms with Gasteiger partial charge in [0.2, 0.25) is 0 Å². The highest BCUT2D eigenvalue weighted by molar-refractivity contribution is 6.31. The molecule has 0 unspecified atom stereocenters. The van der Waals surface area contributed by atoms with E-state index in [9.17, 15) is 14.3 Å². The fourth-order valence-electron chi connectivity index (χ4n) is 5.52. The number of hydrogen-bond acceptors (Lipinski definition) is 6. The lowest BCUT2D eigenvalue weighted by molar-refractivity contribution is 0.0301. The zero-order chi connectivity index (χ0) is 27.6. The first kappa shape index (κ1) is 25.6. The summed E-state index contributed by atoms with van der Waals surface area (Å²) in [6.45, 7) is 5.90. The topological polar surface area (TPSA) is 84.1 Å². The highest BCUT2D eigenvalue weighted by Gasteiger charge is 2.42. The Labute approximate surface area is 228 Å². The lowest BCUT2D eigenvalue weighted by Gasteiger charge is -2.45. The number of aliphatic hydroxyl groups is 1.